The van der Waals surface area contributed by atoms with Gasteiger partial charge in [-0.15, -0.1) is 0 Å². The first-order valence-corrected chi connectivity index (χ1v) is 8.90. The van der Waals surface area contributed by atoms with E-state index in [0.29, 0.717) is 18.5 Å². The fraction of sp³-hybridized carbons (Fsp3) is 0.381. The van der Waals surface area contributed by atoms with Crippen LogP contribution < -0.4 is 20.1 Å². The molecule has 5 heteroatoms. The molecule has 0 radical (unpaired) electrons. The number of guanidine groups is 1. The van der Waals surface area contributed by atoms with Crippen molar-refractivity contribution in [3.05, 3.63) is 59.2 Å². The number of hydrogen-bond donors (Lipinski definition) is 2. The minimum Gasteiger partial charge on any atom is -0.497 e. The number of rotatable bonds is 6. The monoisotopic (exact) mass is 353 g/mol. The van der Waals surface area contributed by atoms with E-state index in [1.165, 1.54) is 11.1 Å². The third-order valence-electron chi connectivity index (χ3n) is 4.86. The summed E-state index contributed by atoms with van der Waals surface area (Å²) in [7, 11) is 5.12. The number of hydrogen-bond acceptors (Lipinski definition) is 3. The largest absolute Gasteiger partial charge is 0.497 e. The third-order valence-corrected chi connectivity index (χ3v) is 4.86. The number of benzene rings is 2. The highest BCUT2D eigenvalue weighted by Crippen LogP contribution is 2.42. The van der Waals surface area contributed by atoms with Gasteiger partial charge in [0, 0.05) is 37.2 Å². The lowest BCUT2D eigenvalue weighted by atomic mass is 10.0. The van der Waals surface area contributed by atoms with Crippen LogP contribution in [0.5, 0.6) is 11.5 Å². The van der Waals surface area contributed by atoms with Gasteiger partial charge >= 0.3 is 0 Å². The van der Waals surface area contributed by atoms with Gasteiger partial charge in [0.15, 0.2) is 5.96 Å². The Hall–Kier alpha value is -2.69. The van der Waals surface area contributed by atoms with Crippen LogP contribution >= 0.6 is 0 Å². The molecule has 0 heterocycles. The zero-order chi connectivity index (χ0) is 18.5. The van der Waals surface area contributed by atoms with Gasteiger partial charge in [-0.1, -0.05) is 24.3 Å². The smallest absolute Gasteiger partial charge is 0.191 e. The van der Waals surface area contributed by atoms with Crippen molar-refractivity contribution in [2.24, 2.45) is 4.99 Å². The molecule has 0 amide bonds. The topological polar surface area (TPSA) is 54.9 Å². The predicted octanol–water partition coefficient (Wildman–Crippen LogP) is 3.23. The zero-order valence-corrected chi connectivity index (χ0v) is 15.9. The number of methoxy groups -OCH3 is 2. The van der Waals surface area contributed by atoms with Crippen LogP contribution in [0.4, 0.5) is 0 Å². The van der Waals surface area contributed by atoms with Gasteiger partial charge < -0.3 is 20.1 Å². The van der Waals surface area contributed by atoms with Crippen LogP contribution in [-0.2, 0) is 6.54 Å². The van der Waals surface area contributed by atoms with Crippen molar-refractivity contribution in [2.45, 2.75) is 31.8 Å². The molecule has 2 N–H and O–H groups in total. The quantitative estimate of drug-likeness (QED) is 0.618. The molecule has 1 saturated carbocycles. The lowest BCUT2D eigenvalue weighted by Crippen LogP contribution is -2.38. The molecule has 3 rings (SSSR count). The third kappa shape index (κ3) is 4.10. The Morgan fingerprint density at radius 1 is 1.15 bits per heavy atom. The number of nitrogens with one attached hydrogen (secondary N) is 2. The van der Waals surface area contributed by atoms with Crippen LogP contribution in [0.3, 0.4) is 0 Å². The average Bonchev–Trinajstić information content (AvgIpc) is 3.44. The Balaban J connectivity index is 1.58. The maximum Gasteiger partial charge on any atom is 0.191 e. The highest BCUT2D eigenvalue weighted by atomic mass is 16.5. The summed E-state index contributed by atoms with van der Waals surface area (Å²) in [5.74, 6) is 2.96. The minimum absolute atomic E-state index is 0.431. The maximum atomic E-state index is 5.45. The van der Waals surface area contributed by atoms with E-state index in [0.717, 1.165) is 29.4 Å². The van der Waals surface area contributed by atoms with E-state index in [2.05, 4.69) is 46.8 Å². The number of ether oxygens (including phenoxy) is 2. The molecule has 1 aliphatic rings. The molecule has 0 bridgehead atoms. The summed E-state index contributed by atoms with van der Waals surface area (Å²) in [5.41, 5.74) is 3.84. The van der Waals surface area contributed by atoms with E-state index >= 15 is 0 Å². The van der Waals surface area contributed by atoms with E-state index in [1.54, 1.807) is 21.3 Å². The Labute approximate surface area is 155 Å². The van der Waals surface area contributed by atoms with Crippen molar-refractivity contribution in [2.75, 3.05) is 21.3 Å². The maximum absolute atomic E-state index is 5.45. The first kappa shape index (κ1) is 18.1. The van der Waals surface area contributed by atoms with Crippen molar-refractivity contribution < 1.29 is 9.47 Å². The van der Waals surface area contributed by atoms with Crippen molar-refractivity contribution in [1.29, 1.82) is 0 Å². The van der Waals surface area contributed by atoms with Gasteiger partial charge in [-0.3, -0.25) is 4.99 Å². The molecule has 26 heavy (non-hydrogen) atoms. The van der Waals surface area contributed by atoms with Gasteiger partial charge in [-0.05, 0) is 36.6 Å². The summed E-state index contributed by atoms with van der Waals surface area (Å²) in [6.07, 6.45) is 1.14. The molecule has 0 aromatic heterocycles. The SMILES string of the molecule is CN=C(NCc1ccc(OC)cc1OC)NC1CC1c1ccccc1C. The van der Waals surface area contributed by atoms with Gasteiger partial charge in [-0.25, -0.2) is 0 Å². The van der Waals surface area contributed by atoms with Crippen molar-refractivity contribution in [1.82, 2.24) is 10.6 Å². The highest BCUT2D eigenvalue weighted by molar-refractivity contribution is 5.80. The van der Waals surface area contributed by atoms with Crippen LogP contribution in [0.2, 0.25) is 0 Å². The molecule has 138 valence electrons. The van der Waals surface area contributed by atoms with Crippen LogP contribution in [-0.4, -0.2) is 33.3 Å². The van der Waals surface area contributed by atoms with Gasteiger partial charge in [-0.2, -0.15) is 0 Å². The molecular weight excluding hydrogens is 326 g/mol. The Kier molecular flexibility index (Phi) is 5.66. The van der Waals surface area contributed by atoms with E-state index < -0.39 is 0 Å². The molecular formula is C21H27N3O2. The lowest BCUT2D eigenvalue weighted by Gasteiger charge is -2.15. The number of nitrogens with zero attached hydrogens (tertiary/aromatic N) is 1. The van der Waals surface area contributed by atoms with Crippen LogP contribution in [0.15, 0.2) is 47.5 Å². The fourth-order valence-corrected chi connectivity index (χ4v) is 3.25. The van der Waals surface area contributed by atoms with Gasteiger partial charge in [0.2, 0.25) is 0 Å². The Bertz CT molecular complexity index is 789. The molecule has 0 spiro atoms. The highest BCUT2D eigenvalue weighted by Gasteiger charge is 2.39. The summed E-state index contributed by atoms with van der Waals surface area (Å²) in [5, 5.41) is 6.89. The normalized spacial score (nSPS) is 19.0. The molecule has 2 aromatic rings. The van der Waals surface area contributed by atoms with Crippen LogP contribution in [0.1, 0.15) is 29.0 Å². The van der Waals surface area contributed by atoms with Crippen molar-refractivity contribution in [3.63, 3.8) is 0 Å². The van der Waals surface area contributed by atoms with E-state index in [-0.39, 0.29) is 0 Å². The Morgan fingerprint density at radius 2 is 1.96 bits per heavy atom. The number of aryl methyl sites for hydroxylation is 1. The van der Waals surface area contributed by atoms with Gasteiger partial charge in [0.25, 0.3) is 0 Å². The van der Waals surface area contributed by atoms with E-state index in [4.69, 9.17) is 9.47 Å². The molecule has 1 aliphatic carbocycles. The summed E-state index contributed by atoms with van der Waals surface area (Å²) >= 11 is 0. The summed E-state index contributed by atoms with van der Waals surface area (Å²) in [4.78, 5) is 4.35. The van der Waals surface area contributed by atoms with Gasteiger partial charge in [0.05, 0.1) is 14.2 Å². The van der Waals surface area contributed by atoms with E-state index in [9.17, 15) is 0 Å². The molecule has 5 nitrogen and oxygen atoms in total. The molecule has 2 atom stereocenters. The lowest BCUT2D eigenvalue weighted by molar-refractivity contribution is 0.390. The second kappa shape index (κ2) is 8.13. The number of aliphatic imine (C=N–C) groups is 1. The summed E-state index contributed by atoms with van der Waals surface area (Å²) in [6, 6.07) is 14.9. The predicted molar refractivity (Wildman–Crippen MR) is 105 cm³/mol. The van der Waals surface area contributed by atoms with Crippen LogP contribution in [0, 0.1) is 6.92 Å². The summed E-state index contributed by atoms with van der Waals surface area (Å²) < 4.78 is 10.7. The standard InChI is InChI=1S/C21H27N3O2/c1-14-7-5-6-8-17(14)18-12-19(18)24-21(22-2)23-13-15-9-10-16(25-3)11-20(15)26-4/h5-11,18-19H,12-13H2,1-4H3,(H2,22,23,24). The second-order valence-electron chi connectivity index (χ2n) is 6.55. The zero-order valence-electron chi connectivity index (χ0n) is 15.9. The first-order chi connectivity index (χ1) is 12.7. The fourth-order valence-electron chi connectivity index (χ4n) is 3.25. The molecule has 2 aromatic carbocycles. The molecule has 0 saturated heterocycles. The summed E-state index contributed by atoms with van der Waals surface area (Å²) in [6.45, 7) is 2.81. The van der Waals surface area contributed by atoms with Crippen molar-refractivity contribution in [3.8, 4) is 11.5 Å². The Morgan fingerprint density at radius 3 is 2.65 bits per heavy atom. The molecule has 0 aliphatic heterocycles. The van der Waals surface area contributed by atoms with E-state index in [1.807, 2.05) is 18.2 Å². The molecule has 1 fully saturated rings. The first-order valence-electron chi connectivity index (χ1n) is 8.90. The van der Waals surface area contributed by atoms with Crippen LogP contribution in [0.25, 0.3) is 0 Å². The minimum atomic E-state index is 0.431. The molecule has 2 unspecified atom stereocenters. The average molecular weight is 353 g/mol. The second-order valence-corrected chi connectivity index (χ2v) is 6.55. The van der Waals surface area contributed by atoms with Gasteiger partial charge in [0.1, 0.15) is 11.5 Å². The van der Waals surface area contributed by atoms with Crippen molar-refractivity contribution >= 4 is 5.96 Å².